The zero-order chi connectivity index (χ0) is 15.3. The molecule has 0 saturated heterocycles. The van der Waals surface area contributed by atoms with Crippen LogP contribution in [0.3, 0.4) is 0 Å². The highest BCUT2D eigenvalue weighted by Gasteiger charge is 2.21. The Kier molecular flexibility index (Phi) is 6.01. The van der Waals surface area contributed by atoms with Crippen LogP contribution in [0.1, 0.15) is 19.4 Å². The zero-order valence-corrected chi connectivity index (χ0v) is 13.3. The Morgan fingerprint density at radius 1 is 1.35 bits per heavy atom. The summed E-state index contributed by atoms with van der Waals surface area (Å²) in [6.07, 6.45) is 0. The Morgan fingerprint density at radius 2 is 2.00 bits per heavy atom. The first kappa shape index (κ1) is 16.5. The van der Waals surface area contributed by atoms with Crippen LogP contribution in [0, 0.1) is 18.8 Å². The van der Waals surface area contributed by atoms with Gasteiger partial charge in [-0.25, -0.2) is 4.79 Å². The normalized spacial score (nSPS) is 12.1. The lowest BCUT2D eigenvalue weighted by Crippen LogP contribution is -2.37. The van der Waals surface area contributed by atoms with Crippen LogP contribution in [0.2, 0.25) is 0 Å². The van der Waals surface area contributed by atoms with Gasteiger partial charge in [0.1, 0.15) is 0 Å². The highest BCUT2D eigenvalue weighted by atomic mass is 79.9. The van der Waals surface area contributed by atoms with Gasteiger partial charge in [-0.2, -0.15) is 0 Å². The number of hydrogen-bond acceptors (Lipinski definition) is 2. The molecule has 1 aromatic carbocycles. The Bertz CT molecular complexity index is 503. The van der Waals surface area contributed by atoms with Crippen LogP contribution in [-0.2, 0) is 4.79 Å². The number of carboxylic acids is 1. The second kappa shape index (κ2) is 7.28. The van der Waals surface area contributed by atoms with Crippen molar-refractivity contribution >= 4 is 33.6 Å². The van der Waals surface area contributed by atoms with Gasteiger partial charge in [0.2, 0.25) is 0 Å². The number of amides is 2. The molecule has 1 aromatic rings. The van der Waals surface area contributed by atoms with Crippen LogP contribution in [0.5, 0.6) is 0 Å². The molecule has 0 spiro atoms. The van der Waals surface area contributed by atoms with Crippen LogP contribution >= 0.6 is 15.9 Å². The van der Waals surface area contributed by atoms with Crippen LogP contribution in [0.15, 0.2) is 22.7 Å². The number of urea groups is 1. The van der Waals surface area contributed by atoms with E-state index in [-0.39, 0.29) is 12.5 Å². The van der Waals surface area contributed by atoms with Gasteiger partial charge in [0, 0.05) is 16.7 Å². The summed E-state index contributed by atoms with van der Waals surface area (Å²) in [6.45, 7) is 5.62. The number of anilines is 1. The maximum absolute atomic E-state index is 11.8. The number of aryl methyl sites for hydroxylation is 1. The van der Waals surface area contributed by atoms with Gasteiger partial charge in [0.25, 0.3) is 0 Å². The number of benzene rings is 1. The van der Waals surface area contributed by atoms with Crippen LogP contribution in [0.4, 0.5) is 10.5 Å². The van der Waals surface area contributed by atoms with E-state index < -0.39 is 17.9 Å². The molecule has 0 radical (unpaired) electrons. The molecule has 5 nitrogen and oxygen atoms in total. The number of hydrogen-bond donors (Lipinski definition) is 3. The molecule has 1 atom stereocenters. The first-order chi connectivity index (χ1) is 9.31. The monoisotopic (exact) mass is 342 g/mol. The molecule has 2 amide bonds. The highest BCUT2D eigenvalue weighted by Crippen LogP contribution is 2.20. The Hall–Kier alpha value is -1.56. The predicted molar refractivity (Wildman–Crippen MR) is 81.9 cm³/mol. The highest BCUT2D eigenvalue weighted by molar-refractivity contribution is 9.10. The number of carbonyl (C=O) groups is 2. The predicted octanol–water partition coefficient (Wildman–Crippen LogP) is 3.24. The van der Waals surface area contributed by atoms with Crippen molar-refractivity contribution in [2.24, 2.45) is 11.8 Å². The summed E-state index contributed by atoms with van der Waals surface area (Å²) >= 11 is 3.34. The minimum Gasteiger partial charge on any atom is -0.481 e. The quantitative estimate of drug-likeness (QED) is 0.768. The average molecular weight is 343 g/mol. The lowest BCUT2D eigenvalue weighted by Gasteiger charge is -2.17. The van der Waals surface area contributed by atoms with Crippen molar-refractivity contribution in [3.63, 3.8) is 0 Å². The molecule has 0 aliphatic rings. The molecular weight excluding hydrogens is 324 g/mol. The van der Waals surface area contributed by atoms with E-state index in [0.717, 1.165) is 10.0 Å². The first-order valence-electron chi connectivity index (χ1n) is 6.35. The van der Waals surface area contributed by atoms with Crippen LogP contribution in [0.25, 0.3) is 0 Å². The number of nitrogens with one attached hydrogen (secondary N) is 2. The van der Waals surface area contributed by atoms with E-state index in [0.29, 0.717) is 5.69 Å². The van der Waals surface area contributed by atoms with Crippen molar-refractivity contribution in [3.05, 3.63) is 28.2 Å². The molecule has 0 bridgehead atoms. The zero-order valence-electron chi connectivity index (χ0n) is 11.7. The standard InChI is InChI=1S/C14H19BrN2O3/c1-8(2)11(13(18)19)7-16-14(20)17-12-6-10(15)5-4-9(12)3/h4-6,8,11H,7H2,1-3H3,(H,18,19)(H2,16,17,20). The van der Waals surface area contributed by atoms with Crippen LogP contribution < -0.4 is 10.6 Å². The fraction of sp³-hybridized carbons (Fsp3) is 0.429. The molecule has 0 aliphatic heterocycles. The van der Waals surface area contributed by atoms with E-state index in [2.05, 4.69) is 26.6 Å². The smallest absolute Gasteiger partial charge is 0.319 e. The van der Waals surface area contributed by atoms with E-state index >= 15 is 0 Å². The van der Waals surface area contributed by atoms with Gasteiger partial charge >= 0.3 is 12.0 Å². The molecule has 20 heavy (non-hydrogen) atoms. The second-order valence-electron chi connectivity index (χ2n) is 4.98. The molecule has 6 heteroatoms. The third-order valence-corrected chi connectivity index (χ3v) is 3.55. The summed E-state index contributed by atoms with van der Waals surface area (Å²) in [4.78, 5) is 22.8. The molecule has 0 aromatic heterocycles. The van der Waals surface area contributed by atoms with E-state index in [9.17, 15) is 9.59 Å². The Balaban J connectivity index is 2.60. The molecule has 0 fully saturated rings. The summed E-state index contributed by atoms with van der Waals surface area (Å²) in [5.41, 5.74) is 1.62. The topological polar surface area (TPSA) is 78.4 Å². The molecule has 110 valence electrons. The Labute approximate surface area is 126 Å². The number of carboxylic acid groups (broad SMARTS) is 1. The molecule has 0 saturated carbocycles. The second-order valence-corrected chi connectivity index (χ2v) is 5.90. The minimum absolute atomic E-state index is 0.0413. The van der Waals surface area contributed by atoms with Gasteiger partial charge in [-0.05, 0) is 30.5 Å². The van der Waals surface area contributed by atoms with E-state index in [1.165, 1.54) is 0 Å². The average Bonchev–Trinajstić information content (AvgIpc) is 2.33. The molecule has 1 unspecified atom stereocenters. The largest absolute Gasteiger partial charge is 0.481 e. The maximum Gasteiger partial charge on any atom is 0.319 e. The van der Waals surface area contributed by atoms with Crippen molar-refractivity contribution < 1.29 is 14.7 Å². The Morgan fingerprint density at radius 3 is 2.55 bits per heavy atom. The van der Waals surface area contributed by atoms with Gasteiger partial charge in [0.15, 0.2) is 0 Å². The van der Waals surface area contributed by atoms with Gasteiger partial charge in [-0.15, -0.1) is 0 Å². The SMILES string of the molecule is Cc1ccc(Br)cc1NC(=O)NCC(C(=O)O)C(C)C. The lowest BCUT2D eigenvalue weighted by atomic mass is 9.96. The summed E-state index contributed by atoms with van der Waals surface area (Å²) in [6, 6.07) is 5.16. The summed E-state index contributed by atoms with van der Waals surface area (Å²) < 4.78 is 0.865. The van der Waals surface area contributed by atoms with Crippen molar-refractivity contribution in [2.45, 2.75) is 20.8 Å². The van der Waals surface area contributed by atoms with E-state index in [4.69, 9.17) is 5.11 Å². The van der Waals surface area contributed by atoms with Gasteiger partial charge in [-0.1, -0.05) is 35.8 Å². The molecule has 3 N–H and O–H groups in total. The van der Waals surface area contributed by atoms with Gasteiger partial charge in [-0.3, -0.25) is 4.79 Å². The van der Waals surface area contributed by atoms with Gasteiger partial charge in [0.05, 0.1) is 5.92 Å². The maximum atomic E-state index is 11.8. The summed E-state index contributed by atoms with van der Waals surface area (Å²) in [7, 11) is 0. The van der Waals surface area contributed by atoms with E-state index in [1.807, 2.05) is 32.9 Å². The summed E-state index contributed by atoms with van der Waals surface area (Å²) in [5, 5.41) is 14.4. The van der Waals surface area contributed by atoms with Crippen molar-refractivity contribution in [1.82, 2.24) is 5.32 Å². The van der Waals surface area contributed by atoms with Crippen molar-refractivity contribution in [2.75, 3.05) is 11.9 Å². The van der Waals surface area contributed by atoms with Crippen molar-refractivity contribution in [1.29, 1.82) is 0 Å². The number of aliphatic carboxylic acids is 1. The molecule has 0 heterocycles. The minimum atomic E-state index is -0.904. The number of rotatable bonds is 5. The first-order valence-corrected chi connectivity index (χ1v) is 7.14. The van der Waals surface area contributed by atoms with Crippen molar-refractivity contribution in [3.8, 4) is 0 Å². The van der Waals surface area contributed by atoms with Gasteiger partial charge < -0.3 is 15.7 Å². The fourth-order valence-electron chi connectivity index (χ4n) is 1.71. The summed E-state index contributed by atoms with van der Waals surface area (Å²) in [5.74, 6) is -1.54. The molecule has 0 aliphatic carbocycles. The number of carbonyl (C=O) groups excluding carboxylic acids is 1. The third kappa shape index (κ3) is 4.85. The van der Waals surface area contributed by atoms with Crippen LogP contribution in [-0.4, -0.2) is 23.7 Å². The fourth-order valence-corrected chi connectivity index (χ4v) is 2.07. The molecule has 1 rings (SSSR count). The molecular formula is C14H19BrN2O3. The third-order valence-electron chi connectivity index (χ3n) is 3.05. The van der Waals surface area contributed by atoms with E-state index in [1.54, 1.807) is 6.07 Å². The lowest BCUT2D eigenvalue weighted by molar-refractivity contribution is -0.142. The number of halogens is 1.